The topological polar surface area (TPSA) is 78.5 Å². The van der Waals surface area contributed by atoms with Gasteiger partial charge in [0, 0.05) is 10.7 Å². The van der Waals surface area contributed by atoms with E-state index < -0.39 is 23.4 Å². The average Bonchev–Trinajstić information content (AvgIpc) is 2.89. The maximum atomic E-state index is 13.0. The quantitative estimate of drug-likeness (QED) is 0.774. The third-order valence-corrected chi connectivity index (χ3v) is 5.02. The van der Waals surface area contributed by atoms with Crippen molar-refractivity contribution in [1.82, 2.24) is 10.2 Å². The van der Waals surface area contributed by atoms with Gasteiger partial charge in [-0.3, -0.25) is 14.5 Å². The minimum atomic E-state index is -1.19. The summed E-state index contributed by atoms with van der Waals surface area (Å²) in [6.07, 6.45) is 0.356. The number of rotatable bonds is 5. The number of nitrogens with one attached hydrogen (secondary N) is 2. The van der Waals surface area contributed by atoms with Crippen molar-refractivity contribution in [2.45, 2.75) is 25.8 Å². The number of anilines is 1. The summed E-state index contributed by atoms with van der Waals surface area (Å²) in [5.41, 5.74) is 0.987. The number of nitrogens with zero attached hydrogens (tertiary/aromatic N) is 1. The molecule has 4 amide bonds. The second-order valence-corrected chi connectivity index (χ2v) is 6.89. The molecule has 0 radical (unpaired) electrons. The van der Waals surface area contributed by atoms with E-state index in [1.54, 1.807) is 36.4 Å². The van der Waals surface area contributed by atoms with Crippen molar-refractivity contribution in [3.63, 3.8) is 0 Å². The van der Waals surface area contributed by atoms with Crippen LogP contribution in [0.2, 0.25) is 5.02 Å². The molecule has 1 aliphatic rings. The Morgan fingerprint density at radius 1 is 1.15 bits per heavy atom. The summed E-state index contributed by atoms with van der Waals surface area (Å²) in [5, 5.41) is 6.03. The smallest absolute Gasteiger partial charge is 0.324 e. The van der Waals surface area contributed by atoms with Crippen molar-refractivity contribution in [2.24, 2.45) is 0 Å². The van der Waals surface area contributed by atoms with E-state index in [9.17, 15) is 14.4 Å². The first kappa shape index (κ1) is 18.9. The summed E-state index contributed by atoms with van der Waals surface area (Å²) in [6.45, 7) is 3.32. The van der Waals surface area contributed by atoms with Crippen molar-refractivity contribution < 1.29 is 14.4 Å². The van der Waals surface area contributed by atoms with Crippen LogP contribution in [0.25, 0.3) is 0 Å². The molecule has 0 spiro atoms. The summed E-state index contributed by atoms with van der Waals surface area (Å²) in [4.78, 5) is 38.8. The molecule has 3 rings (SSSR count). The highest BCUT2D eigenvalue weighted by atomic mass is 35.5. The molecule has 0 saturated carbocycles. The predicted octanol–water partition coefficient (Wildman–Crippen LogP) is 3.44. The number of para-hydroxylation sites is 1. The molecular formula is C20H20ClN3O3. The number of amides is 4. The van der Waals surface area contributed by atoms with Gasteiger partial charge in [-0.25, -0.2) is 4.79 Å². The molecule has 6 nitrogen and oxygen atoms in total. The molecule has 2 N–H and O–H groups in total. The molecule has 1 heterocycles. The second-order valence-electron chi connectivity index (χ2n) is 6.45. The van der Waals surface area contributed by atoms with Crippen molar-refractivity contribution in [2.75, 3.05) is 11.9 Å². The van der Waals surface area contributed by atoms with Gasteiger partial charge < -0.3 is 10.6 Å². The molecule has 0 bridgehead atoms. The van der Waals surface area contributed by atoms with E-state index in [1.165, 1.54) is 0 Å². The highest BCUT2D eigenvalue weighted by Crippen LogP contribution is 2.33. The van der Waals surface area contributed by atoms with Gasteiger partial charge in [-0.2, -0.15) is 0 Å². The number of benzene rings is 2. The number of carbonyl (C=O) groups excluding carboxylic acids is 3. The Morgan fingerprint density at radius 3 is 2.44 bits per heavy atom. The molecule has 27 heavy (non-hydrogen) atoms. The van der Waals surface area contributed by atoms with E-state index >= 15 is 0 Å². The van der Waals surface area contributed by atoms with Crippen LogP contribution in [0.1, 0.15) is 24.5 Å². The lowest BCUT2D eigenvalue weighted by atomic mass is 9.87. The van der Waals surface area contributed by atoms with Gasteiger partial charge in [0.25, 0.3) is 5.91 Å². The number of aryl methyl sites for hydroxylation is 1. The van der Waals surface area contributed by atoms with Gasteiger partial charge in [-0.1, -0.05) is 48.9 Å². The minimum absolute atomic E-state index is 0.353. The highest BCUT2D eigenvalue weighted by molar-refractivity contribution is 6.30. The van der Waals surface area contributed by atoms with Crippen molar-refractivity contribution >= 4 is 35.1 Å². The third kappa shape index (κ3) is 3.53. The molecule has 2 aromatic carbocycles. The zero-order valence-electron chi connectivity index (χ0n) is 15.1. The predicted molar refractivity (Wildman–Crippen MR) is 103 cm³/mol. The summed E-state index contributed by atoms with van der Waals surface area (Å²) >= 11 is 5.92. The molecule has 1 aliphatic heterocycles. The molecule has 0 unspecified atom stereocenters. The fourth-order valence-electron chi connectivity index (χ4n) is 3.19. The van der Waals surface area contributed by atoms with Gasteiger partial charge in [-0.05, 0) is 42.7 Å². The maximum absolute atomic E-state index is 13.0. The standard InChI is InChI=1S/C20H20ClN3O3/c1-3-20(14-8-10-15(21)11-9-14)18(26)24(19(27)23-20)12-17(25)22-16-7-5-4-6-13(16)2/h4-11H,3,12H2,1-2H3,(H,22,25)(H,23,27)/t20-/m0/s1. The second kappa shape index (κ2) is 7.40. The van der Waals surface area contributed by atoms with E-state index in [-0.39, 0.29) is 6.54 Å². The van der Waals surface area contributed by atoms with Gasteiger partial charge in [0.05, 0.1) is 0 Å². The SMILES string of the molecule is CC[C@@]1(c2ccc(Cl)cc2)NC(=O)N(CC(=O)Nc2ccccc2C)C1=O. The van der Waals surface area contributed by atoms with Crippen LogP contribution in [0, 0.1) is 6.92 Å². The van der Waals surface area contributed by atoms with E-state index in [1.807, 2.05) is 26.0 Å². The molecule has 1 fully saturated rings. The summed E-state index contributed by atoms with van der Waals surface area (Å²) in [6, 6.07) is 13.5. The first-order chi connectivity index (χ1) is 12.9. The Hall–Kier alpha value is -2.86. The number of carbonyl (C=O) groups is 3. The van der Waals surface area contributed by atoms with Crippen molar-refractivity contribution in [1.29, 1.82) is 0 Å². The Labute approximate surface area is 162 Å². The lowest BCUT2D eigenvalue weighted by Gasteiger charge is -2.25. The van der Waals surface area contributed by atoms with E-state index in [2.05, 4.69) is 10.6 Å². The van der Waals surface area contributed by atoms with Gasteiger partial charge in [0.2, 0.25) is 5.91 Å². The molecule has 1 atom stereocenters. The molecule has 7 heteroatoms. The van der Waals surface area contributed by atoms with Gasteiger partial charge in [0.15, 0.2) is 0 Å². The lowest BCUT2D eigenvalue weighted by molar-refractivity contribution is -0.134. The van der Waals surface area contributed by atoms with Crippen LogP contribution < -0.4 is 10.6 Å². The third-order valence-electron chi connectivity index (χ3n) is 4.76. The fraction of sp³-hybridized carbons (Fsp3) is 0.250. The zero-order chi connectivity index (χ0) is 19.6. The molecule has 0 aromatic heterocycles. The van der Waals surface area contributed by atoms with Crippen molar-refractivity contribution in [3.05, 3.63) is 64.7 Å². The van der Waals surface area contributed by atoms with Crippen molar-refractivity contribution in [3.8, 4) is 0 Å². The summed E-state index contributed by atoms with van der Waals surface area (Å²) in [7, 11) is 0. The van der Waals surface area contributed by atoms with Crippen LogP contribution in [0.4, 0.5) is 10.5 Å². The number of halogens is 1. The number of hydrogen-bond donors (Lipinski definition) is 2. The number of imide groups is 1. The maximum Gasteiger partial charge on any atom is 0.325 e. The fourth-order valence-corrected chi connectivity index (χ4v) is 3.32. The lowest BCUT2D eigenvalue weighted by Crippen LogP contribution is -2.44. The first-order valence-corrected chi connectivity index (χ1v) is 9.01. The van der Waals surface area contributed by atoms with Crippen LogP contribution in [0.3, 0.4) is 0 Å². The van der Waals surface area contributed by atoms with Crippen LogP contribution in [0.15, 0.2) is 48.5 Å². The monoisotopic (exact) mass is 385 g/mol. The first-order valence-electron chi connectivity index (χ1n) is 8.63. The van der Waals surface area contributed by atoms with Gasteiger partial charge >= 0.3 is 6.03 Å². The Balaban J connectivity index is 1.80. The van der Waals surface area contributed by atoms with Crippen LogP contribution >= 0.6 is 11.6 Å². The Kier molecular flexibility index (Phi) is 5.19. The molecule has 1 saturated heterocycles. The van der Waals surface area contributed by atoms with Crippen LogP contribution in [0.5, 0.6) is 0 Å². The molecule has 2 aromatic rings. The largest absolute Gasteiger partial charge is 0.325 e. The van der Waals surface area contributed by atoms with E-state index in [0.29, 0.717) is 22.7 Å². The Morgan fingerprint density at radius 2 is 1.81 bits per heavy atom. The zero-order valence-corrected chi connectivity index (χ0v) is 15.8. The summed E-state index contributed by atoms with van der Waals surface area (Å²) in [5.74, 6) is -0.881. The average molecular weight is 386 g/mol. The minimum Gasteiger partial charge on any atom is -0.324 e. The normalized spacial score (nSPS) is 19.1. The van der Waals surface area contributed by atoms with E-state index in [4.69, 9.17) is 11.6 Å². The summed E-state index contributed by atoms with van der Waals surface area (Å²) < 4.78 is 0. The van der Waals surface area contributed by atoms with E-state index in [0.717, 1.165) is 10.5 Å². The van der Waals surface area contributed by atoms with Gasteiger partial charge in [0.1, 0.15) is 12.1 Å². The number of urea groups is 1. The highest BCUT2D eigenvalue weighted by Gasteiger charge is 2.51. The number of hydrogen-bond acceptors (Lipinski definition) is 3. The molecular weight excluding hydrogens is 366 g/mol. The Bertz CT molecular complexity index is 898. The van der Waals surface area contributed by atoms with Crippen LogP contribution in [-0.4, -0.2) is 29.3 Å². The van der Waals surface area contributed by atoms with Crippen LogP contribution in [-0.2, 0) is 15.1 Å². The molecule has 140 valence electrons. The molecule has 0 aliphatic carbocycles. The van der Waals surface area contributed by atoms with Gasteiger partial charge in [-0.15, -0.1) is 0 Å².